The van der Waals surface area contributed by atoms with Crippen LogP contribution in [0.5, 0.6) is 0 Å². The summed E-state index contributed by atoms with van der Waals surface area (Å²) in [5.74, 6) is 0.0999. The lowest BCUT2D eigenvalue weighted by Crippen LogP contribution is -2.46. The van der Waals surface area contributed by atoms with E-state index >= 15 is 0 Å². The molecule has 0 saturated carbocycles. The molecule has 1 fully saturated rings. The molecule has 2 rings (SSSR count). The van der Waals surface area contributed by atoms with E-state index in [4.69, 9.17) is 0 Å². The molecule has 2 heterocycles. The van der Waals surface area contributed by atoms with E-state index in [1.165, 1.54) is 0 Å². The topological polar surface area (TPSA) is 59.0 Å². The molecule has 100 valence electrons. The molecule has 1 aromatic rings. The minimum atomic E-state index is 0.0999. The highest BCUT2D eigenvalue weighted by molar-refractivity contribution is 5.79. The van der Waals surface area contributed by atoms with Gasteiger partial charge in [0, 0.05) is 30.9 Å². The molecule has 1 aliphatic rings. The summed E-state index contributed by atoms with van der Waals surface area (Å²) in [6.07, 6.45) is 2.64. The quantitative estimate of drug-likeness (QED) is 0.819. The number of carbonyl (C=O) groups excluding carboxylic acids is 1. The highest BCUT2D eigenvalue weighted by Gasteiger charge is 2.18. The fourth-order valence-electron chi connectivity index (χ4n) is 2.49. The second-order valence-corrected chi connectivity index (χ2v) is 5.06. The van der Waals surface area contributed by atoms with Gasteiger partial charge in [-0.25, -0.2) is 0 Å². The molecule has 0 radical (unpaired) electrons. The van der Waals surface area contributed by atoms with Crippen LogP contribution < -0.4 is 10.6 Å². The predicted octanol–water partition coefficient (Wildman–Crippen LogP) is 0.448. The van der Waals surface area contributed by atoms with Gasteiger partial charge in [0.2, 0.25) is 5.91 Å². The molecule has 2 N–H and O–H groups in total. The average molecular weight is 250 g/mol. The molecule has 0 spiro atoms. The van der Waals surface area contributed by atoms with Crippen molar-refractivity contribution < 1.29 is 4.79 Å². The van der Waals surface area contributed by atoms with E-state index in [1.54, 1.807) is 0 Å². The van der Waals surface area contributed by atoms with Gasteiger partial charge in [0.15, 0.2) is 0 Å². The van der Waals surface area contributed by atoms with Crippen molar-refractivity contribution in [2.45, 2.75) is 39.2 Å². The van der Waals surface area contributed by atoms with Gasteiger partial charge in [-0.2, -0.15) is 5.10 Å². The lowest BCUT2D eigenvalue weighted by molar-refractivity contribution is -0.121. The Morgan fingerprint density at radius 1 is 1.56 bits per heavy atom. The van der Waals surface area contributed by atoms with Crippen LogP contribution in [0.15, 0.2) is 0 Å². The van der Waals surface area contributed by atoms with Crippen molar-refractivity contribution in [1.82, 2.24) is 20.4 Å². The number of carbonyl (C=O) groups is 1. The number of hydrogen-bond acceptors (Lipinski definition) is 3. The van der Waals surface area contributed by atoms with Crippen molar-refractivity contribution in [2.24, 2.45) is 7.05 Å². The molecule has 0 aromatic carbocycles. The smallest absolute Gasteiger partial charge is 0.224 e. The van der Waals surface area contributed by atoms with Gasteiger partial charge in [0.05, 0.1) is 12.1 Å². The third kappa shape index (κ3) is 2.90. The first-order valence-electron chi connectivity index (χ1n) is 6.57. The fourth-order valence-corrected chi connectivity index (χ4v) is 2.49. The van der Waals surface area contributed by atoms with Crippen molar-refractivity contribution >= 4 is 5.91 Å². The fraction of sp³-hybridized carbons (Fsp3) is 0.692. The second kappa shape index (κ2) is 5.52. The Morgan fingerprint density at radius 2 is 2.33 bits per heavy atom. The van der Waals surface area contributed by atoms with Gasteiger partial charge < -0.3 is 10.6 Å². The lowest BCUT2D eigenvalue weighted by Gasteiger charge is -2.23. The standard InChI is InChI=1S/C13H22N4O/c1-9-12(10(2)17(3)16-9)7-13(18)15-11-5-4-6-14-8-11/h11,14H,4-8H2,1-3H3,(H,15,18)/t11-/m0/s1. The first kappa shape index (κ1) is 13.1. The minimum Gasteiger partial charge on any atom is -0.352 e. The zero-order valence-electron chi connectivity index (χ0n) is 11.4. The molecular formula is C13H22N4O. The zero-order chi connectivity index (χ0) is 13.1. The van der Waals surface area contributed by atoms with Gasteiger partial charge in [0.1, 0.15) is 0 Å². The molecule has 18 heavy (non-hydrogen) atoms. The van der Waals surface area contributed by atoms with Crippen molar-refractivity contribution in [1.29, 1.82) is 0 Å². The van der Waals surface area contributed by atoms with E-state index < -0.39 is 0 Å². The van der Waals surface area contributed by atoms with Crippen molar-refractivity contribution in [3.8, 4) is 0 Å². The van der Waals surface area contributed by atoms with E-state index in [0.29, 0.717) is 6.42 Å². The molecule has 1 aliphatic heterocycles. The third-order valence-electron chi connectivity index (χ3n) is 3.66. The average Bonchev–Trinajstić information content (AvgIpc) is 2.57. The van der Waals surface area contributed by atoms with Crippen molar-refractivity contribution in [2.75, 3.05) is 13.1 Å². The van der Waals surface area contributed by atoms with Crippen LogP contribution in [0.25, 0.3) is 0 Å². The summed E-state index contributed by atoms with van der Waals surface area (Å²) >= 11 is 0. The maximum absolute atomic E-state index is 12.0. The van der Waals surface area contributed by atoms with E-state index in [2.05, 4.69) is 15.7 Å². The van der Waals surface area contributed by atoms with Crippen LogP contribution >= 0.6 is 0 Å². The van der Waals surface area contributed by atoms with E-state index in [0.717, 1.165) is 42.9 Å². The van der Waals surface area contributed by atoms with Gasteiger partial charge in [-0.1, -0.05) is 0 Å². The zero-order valence-corrected chi connectivity index (χ0v) is 11.4. The minimum absolute atomic E-state index is 0.0999. The molecule has 5 heteroatoms. The second-order valence-electron chi connectivity index (χ2n) is 5.06. The molecular weight excluding hydrogens is 228 g/mol. The number of hydrogen-bond donors (Lipinski definition) is 2. The van der Waals surface area contributed by atoms with Crippen molar-refractivity contribution in [3.05, 3.63) is 17.0 Å². The van der Waals surface area contributed by atoms with Crippen LogP contribution in [0.1, 0.15) is 29.8 Å². The van der Waals surface area contributed by atoms with Crippen LogP contribution in [-0.4, -0.2) is 34.8 Å². The first-order chi connectivity index (χ1) is 8.58. The summed E-state index contributed by atoms with van der Waals surface area (Å²) in [6, 6.07) is 0.281. The number of aryl methyl sites for hydroxylation is 2. The van der Waals surface area contributed by atoms with Crippen LogP contribution in [0.3, 0.4) is 0 Å². The Labute approximate surface area is 108 Å². The number of rotatable bonds is 3. The molecule has 1 aromatic heterocycles. The largest absolute Gasteiger partial charge is 0.352 e. The number of aromatic nitrogens is 2. The number of amides is 1. The summed E-state index contributed by atoms with van der Waals surface area (Å²) in [7, 11) is 1.91. The summed E-state index contributed by atoms with van der Waals surface area (Å²) in [6.45, 7) is 5.91. The predicted molar refractivity (Wildman–Crippen MR) is 70.4 cm³/mol. The van der Waals surface area contributed by atoms with Crippen molar-refractivity contribution in [3.63, 3.8) is 0 Å². The SMILES string of the molecule is Cc1nn(C)c(C)c1CC(=O)N[C@H]1CCCNC1. The molecule has 0 bridgehead atoms. The molecule has 1 atom stereocenters. The maximum atomic E-state index is 12.0. The van der Waals surface area contributed by atoms with Gasteiger partial charge >= 0.3 is 0 Å². The van der Waals surface area contributed by atoms with E-state index in [9.17, 15) is 4.79 Å². The highest BCUT2D eigenvalue weighted by Crippen LogP contribution is 2.12. The Balaban J connectivity index is 1.94. The summed E-state index contributed by atoms with van der Waals surface area (Å²) in [5, 5.41) is 10.7. The van der Waals surface area contributed by atoms with Crippen LogP contribution in [0.4, 0.5) is 0 Å². The Hall–Kier alpha value is -1.36. The lowest BCUT2D eigenvalue weighted by atomic mass is 10.1. The molecule has 0 aliphatic carbocycles. The Morgan fingerprint density at radius 3 is 2.89 bits per heavy atom. The third-order valence-corrected chi connectivity index (χ3v) is 3.66. The van der Waals surface area contributed by atoms with Gasteiger partial charge in [-0.3, -0.25) is 9.48 Å². The maximum Gasteiger partial charge on any atom is 0.224 e. The van der Waals surface area contributed by atoms with E-state index in [1.807, 2.05) is 25.6 Å². The summed E-state index contributed by atoms with van der Waals surface area (Å²) < 4.78 is 1.83. The highest BCUT2D eigenvalue weighted by atomic mass is 16.1. The Kier molecular flexibility index (Phi) is 4.01. The Bertz CT molecular complexity index is 432. The molecule has 0 unspecified atom stereocenters. The number of nitrogens with zero attached hydrogens (tertiary/aromatic N) is 2. The summed E-state index contributed by atoms with van der Waals surface area (Å²) in [4.78, 5) is 12.0. The van der Waals surface area contributed by atoms with Crippen LogP contribution in [0, 0.1) is 13.8 Å². The van der Waals surface area contributed by atoms with E-state index in [-0.39, 0.29) is 11.9 Å². The number of nitrogens with one attached hydrogen (secondary N) is 2. The summed E-state index contributed by atoms with van der Waals surface area (Å²) in [5.41, 5.74) is 3.08. The van der Waals surface area contributed by atoms with Gasteiger partial charge in [-0.05, 0) is 33.2 Å². The first-order valence-corrected chi connectivity index (χ1v) is 6.57. The van der Waals surface area contributed by atoms with Gasteiger partial charge in [0.25, 0.3) is 0 Å². The normalized spacial score (nSPS) is 19.8. The molecule has 1 amide bonds. The van der Waals surface area contributed by atoms with Gasteiger partial charge in [-0.15, -0.1) is 0 Å². The molecule has 5 nitrogen and oxygen atoms in total. The number of piperidine rings is 1. The van der Waals surface area contributed by atoms with Crippen LogP contribution in [-0.2, 0) is 18.3 Å². The van der Waals surface area contributed by atoms with Crippen LogP contribution in [0.2, 0.25) is 0 Å². The molecule has 1 saturated heterocycles. The monoisotopic (exact) mass is 250 g/mol.